The van der Waals surface area contributed by atoms with E-state index in [0.29, 0.717) is 17.5 Å². The van der Waals surface area contributed by atoms with Crippen LogP contribution in [-0.4, -0.2) is 48.0 Å². The first-order chi connectivity index (χ1) is 16.9. The second-order valence-corrected chi connectivity index (χ2v) is 10.5. The first kappa shape index (κ1) is 25.2. The van der Waals surface area contributed by atoms with E-state index in [4.69, 9.17) is 12.2 Å². The Balaban J connectivity index is 1.31. The van der Waals surface area contributed by atoms with Crippen LogP contribution >= 0.6 is 12.2 Å². The maximum Gasteiger partial charge on any atom is 0.236 e. The highest BCUT2D eigenvalue weighted by molar-refractivity contribution is 7.80. The third-order valence-corrected chi connectivity index (χ3v) is 7.35. The van der Waals surface area contributed by atoms with Crippen LogP contribution in [0.3, 0.4) is 0 Å². The van der Waals surface area contributed by atoms with Gasteiger partial charge in [-0.2, -0.15) is 0 Å². The number of thiocarbonyl (C=S) groups is 1. The van der Waals surface area contributed by atoms with E-state index >= 15 is 0 Å². The number of hydrogen-bond acceptors (Lipinski definition) is 4. The van der Waals surface area contributed by atoms with Crippen LogP contribution in [0.4, 0.5) is 11.4 Å². The van der Waals surface area contributed by atoms with Crippen LogP contribution in [0.15, 0.2) is 54.6 Å². The van der Waals surface area contributed by atoms with Gasteiger partial charge in [-0.1, -0.05) is 57.0 Å². The summed E-state index contributed by atoms with van der Waals surface area (Å²) in [7, 11) is 0. The van der Waals surface area contributed by atoms with Gasteiger partial charge in [-0.05, 0) is 60.8 Å². The lowest BCUT2D eigenvalue weighted by Crippen LogP contribution is -2.49. The Kier molecular flexibility index (Phi) is 8.06. The summed E-state index contributed by atoms with van der Waals surface area (Å²) in [5.74, 6) is 0.611. The topological polar surface area (TPSA) is 64.7 Å². The molecule has 0 spiro atoms. The highest BCUT2D eigenvalue weighted by Gasteiger charge is 2.42. The zero-order valence-electron chi connectivity index (χ0n) is 20.8. The van der Waals surface area contributed by atoms with E-state index in [-0.39, 0.29) is 11.8 Å². The molecule has 6 nitrogen and oxygen atoms in total. The molecule has 1 aliphatic carbocycles. The fraction of sp³-hybridized carbons (Fsp3) is 0.464. The van der Waals surface area contributed by atoms with Crippen molar-refractivity contribution < 1.29 is 9.59 Å². The van der Waals surface area contributed by atoms with Crippen LogP contribution in [0.2, 0.25) is 0 Å². The average Bonchev–Trinajstić information content (AvgIpc) is 3.36. The van der Waals surface area contributed by atoms with Crippen LogP contribution in [0, 0.1) is 5.92 Å². The Bertz CT molecular complexity index is 1020. The number of benzene rings is 2. The van der Waals surface area contributed by atoms with Gasteiger partial charge in [0, 0.05) is 44.0 Å². The van der Waals surface area contributed by atoms with Gasteiger partial charge in [0.05, 0.1) is 5.41 Å². The fourth-order valence-corrected chi connectivity index (χ4v) is 5.43. The Morgan fingerprint density at radius 3 is 2.17 bits per heavy atom. The van der Waals surface area contributed by atoms with Crippen LogP contribution in [0.1, 0.15) is 51.5 Å². The van der Waals surface area contributed by atoms with E-state index in [1.54, 1.807) is 0 Å². The molecule has 2 N–H and O–H groups in total. The van der Waals surface area contributed by atoms with Gasteiger partial charge < -0.3 is 20.4 Å². The summed E-state index contributed by atoms with van der Waals surface area (Å²) in [5, 5.41) is 6.43. The number of nitrogens with zero attached hydrogens (tertiary/aromatic N) is 2. The molecule has 7 heteroatoms. The lowest BCUT2D eigenvalue weighted by atomic mass is 9.78. The van der Waals surface area contributed by atoms with E-state index in [2.05, 4.69) is 41.5 Å². The van der Waals surface area contributed by atoms with Crippen molar-refractivity contribution in [3.63, 3.8) is 0 Å². The van der Waals surface area contributed by atoms with Crippen molar-refractivity contribution in [3.8, 4) is 0 Å². The highest BCUT2D eigenvalue weighted by atomic mass is 32.1. The third-order valence-electron chi connectivity index (χ3n) is 7.15. The lowest BCUT2D eigenvalue weighted by molar-refractivity contribution is -0.132. The molecule has 0 bridgehead atoms. The number of rotatable bonds is 6. The minimum absolute atomic E-state index is 0.0276. The molecule has 2 aromatic carbocycles. The van der Waals surface area contributed by atoms with Crippen molar-refractivity contribution in [2.24, 2.45) is 5.92 Å². The number of anilines is 2. The van der Waals surface area contributed by atoms with Crippen molar-refractivity contribution >= 4 is 40.5 Å². The van der Waals surface area contributed by atoms with Crippen LogP contribution in [0.25, 0.3) is 0 Å². The molecule has 1 aliphatic heterocycles. The number of piperazine rings is 1. The number of hydrogen-bond donors (Lipinski definition) is 2. The standard InChI is InChI=1S/C28H36N4O2S/c1-21(2)20-25(33)32-18-16-31(17-19-32)24-12-10-23(11-13-24)29-27(35)30-26(34)28(14-6-7-15-28)22-8-4-3-5-9-22/h3-5,8-13,21H,6-7,14-20H2,1-2H3,(H2,29,30,34,35). The SMILES string of the molecule is CC(C)CC(=O)N1CCN(c2ccc(NC(=S)NC(=O)C3(c4ccccc4)CCCC3)cc2)CC1. The summed E-state index contributed by atoms with van der Waals surface area (Å²) >= 11 is 5.48. The Morgan fingerprint density at radius 2 is 1.57 bits per heavy atom. The predicted octanol–water partition coefficient (Wildman–Crippen LogP) is 4.71. The summed E-state index contributed by atoms with van der Waals surface area (Å²) in [6.45, 7) is 7.32. The zero-order chi connectivity index (χ0) is 24.8. The van der Waals surface area contributed by atoms with E-state index in [0.717, 1.165) is 68.8 Å². The van der Waals surface area contributed by atoms with Crippen LogP contribution in [-0.2, 0) is 15.0 Å². The quantitative estimate of drug-likeness (QED) is 0.572. The maximum absolute atomic E-state index is 13.3. The van der Waals surface area contributed by atoms with Crippen molar-refractivity contribution in [2.45, 2.75) is 51.4 Å². The molecule has 35 heavy (non-hydrogen) atoms. The molecule has 1 saturated heterocycles. The second-order valence-electron chi connectivity index (χ2n) is 10.1. The summed E-state index contributed by atoms with van der Waals surface area (Å²) < 4.78 is 0. The van der Waals surface area contributed by atoms with Crippen molar-refractivity contribution in [2.75, 3.05) is 36.4 Å². The minimum atomic E-state index is -0.504. The molecule has 2 fully saturated rings. The van der Waals surface area contributed by atoms with Crippen LogP contribution < -0.4 is 15.5 Å². The second kappa shape index (κ2) is 11.2. The average molecular weight is 493 g/mol. The molecule has 2 amide bonds. The van der Waals surface area contributed by atoms with Gasteiger partial charge in [0.15, 0.2) is 5.11 Å². The molecule has 0 aromatic heterocycles. The smallest absolute Gasteiger partial charge is 0.236 e. The normalized spacial score (nSPS) is 17.3. The number of carbonyl (C=O) groups excluding carboxylic acids is 2. The summed E-state index contributed by atoms with van der Waals surface area (Å²) in [6, 6.07) is 18.1. The zero-order valence-corrected chi connectivity index (χ0v) is 21.6. The van der Waals surface area contributed by atoms with Gasteiger partial charge in [-0.15, -0.1) is 0 Å². The molecule has 2 aromatic rings. The lowest BCUT2D eigenvalue weighted by Gasteiger charge is -2.36. The van der Waals surface area contributed by atoms with Crippen molar-refractivity contribution in [1.82, 2.24) is 10.2 Å². The van der Waals surface area contributed by atoms with Crippen LogP contribution in [0.5, 0.6) is 0 Å². The first-order valence-corrected chi connectivity index (χ1v) is 13.1. The van der Waals surface area contributed by atoms with Gasteiger partial charge in [0.25, 0.3) is 0 Å². The Hall–Kier alpha value is -2.93. The minimum Gasteiger partial charge on any atom is -0.368 e. The molecule has 4 rings (SSSR count). The molecule has 2 aliphatic rings. The Labute approximate surface area is 214 Å². The van der Waals surface area contributed by atoms with Crippen molar-refractivity contribution in [3.05, 3.63) is 60.2 Å². The number of nitrogens with one attached hydrogen (secondary N) is 2. The van der Waals surface area contributed by atoms with E-state index in [1.165, 1.54) is 0 Å². The molecule has 0 radical (unpaired) electrons. The molecule has 0 atom stereocenters. The molecule has 1 heterocycles. The van der Waals surface area contributed by atoms with Gasteiger partial charge >= 0.3 is 0 Å². The highest BCUT2D eigenvalue weighted by Crippen LogP contribution is 2.41. The van der Waals surface area contributed by atoms with E-state index in [9.17, 15) is 9.59 Å². The predicted molar refractivity (Wildman–Crippen MR) is 146 cm³/mol. The Morgan fingerprint density at radius 1 is 0.943 bits per heavy atom. The number of carbonyl (C=O) groups is 2. The molecule has 0 unspecified atom stereocenters. The van der Waals surface area contributed by atoms with Gasteiger partial charge in [0.2, 0.25) is 11.8 Å². The molecule has 186 valence electrons. The molecular formula is C28H36N4O2S. The maximum atomic E-state index is 13.3. The summed E-state index contributed by atoms with van der Waals surface area (Å²) in [6.07, 6.45) is 4.39. The van der Waals surface area contributed by atoms with E-state index < -0.39 is 5.41 Å². The number of amides is 2. The molecule has 1 saturated carbocycles. The van der Waals surface area contributed by atoms with Gasteiger partial charge in [-0.25, -0.2) is 0 Å². The third kappa shape index (κ3) is 6.01. The van der Waals surface area contributed by atoms with Crippen molar-refractivity contribution in [1.29, 1.82) is 0 Å². The fourth-order valence-electron chi connectivity index (χ4n) is 5.22. The largest absolute Gasteiger partial charge is 0.368 e. The van der Waals surface area contributed by atoms with Gasteiger partial charge in [-0.3, -0.25) is 9.59 Å². The van der Waals surface area contributed by atoms with Gasteiger partial charge in [0.1, 0.15) is 0 Å². The summed E-state index contributed by atoms with van der Waals surface area (Å²) in [5.41, 5.74) is 2.52. The molecular weight excluding hydrogens is 456 g/mol. The summed E-state index contributed by atoms with van der Waals surface area (Å²) in [4.78, 5) is 29.9. The van der Waals surface area contributed by atoms with E-state index in [1.807, 2.05) is 47.4 Å². The monoisotopic (exact) mass is 492 g/mol. The first-order valence-electron chi connectivity index (χ1n) is 12.7.